The Morgan fingerprint density at radius 3 is 2.54 bits per heavy atom. The number of oxazole rings is 1. The first-order chi connectivity index (χ1) is 12.4. The molecule has 0 aliphatic carbocycles. The van der Waals surface area contributed by atoms with E-state index in [1.807, 2.05) is 26.0 Å². The molecule has 4 rings (SSSR count). The van der Waals surface area contributed by atoms with Crippen molar-refractivity contribution in [3.8, 4) is 23.2 Å². The number of nitrogens with zero attached hydrogens (tertiary/aromatic N) is 3. The van der Waals surface area contributed by atoms with Crippen LogP contribution in [-0.4, -0.2) is 20.2 Å². The molecule has 2 aromatic heterocycles. The van der Waals surface area contributed by atoms with Gasteiger partial charge in [-0.15, -0.1) is 0 Å². The van der Waals surface area contributed by atoms with Crippen molar-refractivity contribution in [1.29, 1.82) is 0 Å². The Morgan fingerprint density at radius 1 is 1.08 bits per heavy atom. The SMILES string of the molecule is C=C(O)c1ccc(-c2noc(-c3nc4c(C)ccc(C)c4o3)n2)cc1F. The van der Waals surface area contributed by atoms with Crippen molar-refractivity contribution < 1.29 is 18.4 Å². The average molecular weight is 351 g/mol. The molecule has 0 aliphatic rings. The summed E-state index contributed by atoms with van der Waals surface area (Å²) in [4.78, 5) is 8.66. The van der Waals surface area contributed by atoms with Crippen molar-refractivity contribution in [3.63, 3.8) is 0 Å². The van der Waals surface area contributed by atoms with Crippen LogP contribution in [0.3, 0.4) is 0 Å². The number of hydrogen-bond donors (Lipinski definition) is 1. The molecule has 0 saturated carbocycles. The highest BCUT2D eigenvalue weighted by molar-refractivity contribution is 5.81. The number of fused-ring (bicyclic) bond motifs is 1. The number of aliphatic hydroxyl groups excluding tert-OH is 1. The fraction of sp³-hybridized carbons (Fsp3) is 0.105. The van der Waals surface area contributed by atoms with E-state index in [0.717, 1.165) is 16.6 Å². The molecule has 0 saturated heterocycles. The zero-order valence-electron chi connectivity index (χ0n) is 14.1. The lowest BCUT2D eigenvalue weighted by Crippen LogP contribution is -1.90. The van der Waals surface area contributed by atoms with Gasteiger partial charge in [-0.1, -0.05) is 29.9 Å². The molecular formula is C19H14FN3O3. The number of rotatable bonds is 3. The Morgan fingerprint density at radius 2 is 1.85 bits per heavy atom. The monoisotopic (exact) mass is 351 g/mol. The van der Waals surface area contributed by atoms with E-state index < -0.39 is 5.82 Å². The van der Waals surface area contributed by atoms with Gasteiger partial charge in [0.25, 0.3) is 5.89 Å². The predicted octanol–water partition coefficient (Wildman–Crippen LogP) is 4.83. The van der Waals surface area contributed by atoms with E-state index in [1.54, 1.807) is 6.07 Å². The molecule has 7 heteroatoms. The molecule has 4 aromatic rings. The maximum Gasteiger partial charge on any atom is 0.314 e. The van der Waals surface area contributed by atoms with Gasteiger partial charge in [-0.2, -0.15) is 4.98 Å². The van der Waals surface area contributed by atoms with Gasteiger partial charge in [-0.3, -0.25) is 0 Å². The van der Waals surface area contributed by atoms with Crippen LogP contribution in [-0.2, 0) is 0 Å². The van der Waals surface area contributed by atoms with Crippen molar-refractivity contribution in [1.82, 2.24) is 15.1 Å². The molecule has 0 atom stereocenters. The van der Waals surface area contributed by atoms with E-state index in [2.05, 4.69) is 21.7 Å². The minimum Gasteiger partial charge on any atom is -0.508 e. The summed E-state index contributed by atoms with van der Waals surface area (Å²) < 4.78 is 25.0. The average Bonchev–Trinajstić information content (AvgIpc) is 3.25. The van der Waals surface area contributed by atoms with Crippen molar-refractivity contribution in [2.45, 2.75) is 13.8 Å². The van der Waals surface area contributed by atoms with Gasteiger partial charge in [0.15, 0.2) is 5.58 Å². The maximum absolute atomic E-state index is 14.0. The summed E-state index contributed by atoms with van der Waals surface area (Å²) in [6.07, 6.45) is 0. The highest BCUT2D eigenvalue weighted by Crippen LogP contribution is 2.29. The molecule has 0 unspecified atom stereocenters. The zero-order valence-corrected chi connectivity index (χ0v) is 14.1. The van der Waals surface area contributed by atoms with Gasteiger partial charge in [0, 0.05) is 5.56 Å². The van der Waals surface area contributed by atoms with Crippen LogP contribution in [0, 0.1) is 19.7 Å². The van der Waals surface area contributed by atoms with Gasteiger partial charge < -0.3 is 14.0 Å². The van der Waals surface area contributed by atoms with E-state index in [4.69, 9.17) is 8.94 Å². The van der Waals surface area contributed by atoms with E-state index in [0.29, 0.717) is 11.1 Å². The second kappa shape index (κ2) is 5.80. The molecule has 0 spiro atoms. The summed E-state index contributed by atoms with van der Waals surface area (Å²) in [7, 11) is 0. The Balaban J connectivity index is 1.75. The Bertz CT molecular complexity index is 1120. The number of aromatic nitrogens is 3. The summed E-state index contributed by atoms with van der Waals surface area (Å²) in [6.45, 7) is 7.18. The Kier molecular flexibility index (Phi) is 3.57. The normalized spacial score (nSPS) is 11.2. The first-order valence-corrected chi connectivity index (χ1v) is 7.83. The number of benzene rings is 2. The van der Waals surface area contributed by atoms with Crippen LogP contribution in [0.25, 0.3) is 40.0 Å². The van der Waals surface area contributed by atoms with Crippen LogP contribution in [0.1, 0.15) is 16.7 Å². The largest absolute Gasteiger partial charge is 0.508 e. The highest BCUT2D eigenvalue weighted by atomic mass is 19.1. The lowest BCUT2D eigenvalue weighted by Gasteiger charge is -2.01. The zero-order chi connectivity index (χ0) is 18.4. The smallest absolute Gasteiger partial charge is 0.314 e. The summed E-state index contributed by atoms with van der Waals surface area (Å²) in [6, 6.07) is 8.07. The van der Waals surface area contributed by atoms with Crippen LogP contribution in [0.5, 0.6) is 0 Å². The van der Waals surface area contributed by atoms with Crippen LogP contribution in [0.2, 0.25) is 0 Å². The quantitative estimate of drug-likeness (QED) is 0.532. The summed E-state index contributed by atoms with van der Waals surface area (Å²) in [5, 5.41) is 13.2. The van der Waals surface area contributed by atoms with E-state index in [9.17, 15) is 9.50 Å². The van der Waals surface area contributed by atoms with Crippen LogP contribution < -0.4 is 0 Å². The predicted molar refractivity (Wildman–Crippen MR) is 93.8 cm³/mol. The maximum atomic E-state index is 14.0. The number of aryl methyl sites for hydroxylation is 2. The molecule has 2 aromatic carbocycles. The fourth-order valence-corrected chi connectivity index (χ4v) is 2.67. The first kappa shape index (κ1) is 16.0. The van der Waals surface area contributed by atoms with Crippen molar-refractivity contribution in [3.05, 3.63) is 59.4 Å². The third-order valence-corrected chi connectivity index (χ3v) is 4.09. The summed E-state index contributed by atoms with van der Waals surface area (Å²) in [5.74, 6) is -0.484. The molecule has 0 amide bonds. The number of halogens is 1. The van der Waals surface area contributed by atoms with Gasteiger partial charge in [0.05, 0.1) is 5.56 Å². The molecular weight excluding hydrogens is 337 g/mol. The molecule has 26 heavy (non-hydrogen) atoms. The van der Waals surface area contributed by atoms with Crippen molar-refractivity contribution in [2.24, 2.45) is 0 Å². The Hall–Kier alpha value is -3.48. The third kappa shape index (κ3) is 2.54. The molecule has 1 N–H and O–H groups in total. The minimum absolute atomic E-state index is 0.0161. The molecule has 0 radical (unpaired) electrons. The number of aliphatic hydroxyl groups is 1. The molecule has 2 heterocycles. The second-order valence-corrected chi connectivity index (χ2v) is 5.96. The summed E-state index contributed by atoms with van der Waals surface area (Å²) >= 11 is 0. The van der Waals surface area contributed by atoms with Gasteiger partial charge in [-0.05, 0) is 37.1 Å². The van der Waals surface area contributed by atoms with Crippen molar-refractivity contribution in [2.75, 3.05) is 0 Å². The van der Waals surface area contributed by atoms with Gasteiger partial charge in [-0.25, -0.2) is 9.37 Å². The molecule has 0 aliphatic heterocycles. The first-order valence-electron chi connectivity index (χ1n) is 7.83. The molecule has 0 fully saturated rings. The van der Waals surface area contributed by atoms with E-state index in [-0.39, 0.29) is 28.9 Å². The van der Waals surface area contributed by atoms with E-state index >= 15 is 0 Å². The second-order valence-electron chi connectivity index (χ2n) is 5.96. The molecule has 0 bridgehead atoms. The van der Waals surface area contributed by atoms with Gasteiger partial charge in [0.2, 0.25) is 5.82 Å². The van der Waals surface area contributed by atoms with E-state index in [1.165, 1.54) is 12.1 Å². The topological polar surface area (TPSA) is 85.2 Å². The lowest BCUT2D eigenvalue weighted by molar-refractivity contribution is 0.417. The minimum atomic E-state index is -0.630. The van der Waals surface area contributed by atoms with Gasteiger partial charge in [0.1, 0.15) is 17.1 Å². The highest BCUT2D eigenvalue weighted by Gasteiger charge is 2.19. The van der Waals surface area contributed by atoms with Crippen LogP contribution in [0.4, 0.5) is 4.39 Å². The van der Waals surface area contributed by atoms with Crippen LogP contribution >= 0.6 is 0 Å². The standard InChI is InChI=1S/C19H14FN3O3/c1-9-4-5-10(2)16-15(9)21-18(25-16)19-22-17(23-26-19)12-6-7-13(11(3)24)14(20)8-12/h4-8,24H,3H2,1-2H3. The van der Waals surface area contributed by atoms with Crippen molar-refractivity contribution >= 4 is 16.9 Å². The molecule has 6 nitrogen and oxygen atoms in total. The molecule has 130 valence electrons. The van der Waals surface area contributed by atoms with Crippen LogP contribution in [0.15, 0.2) is 45.9 Å². The fourth-order valence-electron chi connectivity index (χ4n) is 2.67. The Labute approximate surface area is 147 Å². The van der Waals surface area contributed by atoms with Gasteiger partial charge >= 0.3 is 5.89 Å². The lowest BCUT2D eigenvalue weighted by atomic mass is 10.1. The third-order valence-electron chi connectivity index (χ3n) is 4.09. The number of hydrogen-bond acceptors (Lipinski definition) is 6. The summed E-state index contributed by atoms with van der Waals surface area (Å²) in [5.41, 5.74) is 3.73.